The number of ether oxygens (including phenoxy) is 1. The van der Waals surface area contributed by atoms with Gasteiger partial charge in [0.15, 0.2) is 5.11 Å². The molecule has 1 amide bonds. The quantitative estimate of drug-likeness (QED) is 0.218. The molecule has 1 aromatic heterocycles. The van der Waals surface area contributed by atoms with Crippen molar-refractivity contribution in [1.29, 1.82) is 0 Å². The van der Waals surface area contributed by atoms with Crippen molar-refractivity contribution < 1.29 is 13.9 Å². The molecule has 9 heteroatoms. The van der Waals surface area contributed by atoms with Gasteiger partial charge in [-0.05, 0) is 77.5 Å². The van der Waals surface area contributed by atoms with Crippen LogP contribution in [0.1, 0.15) is 17.3 Å². The lowest BCUT2D eigenvalue weighted by molar-refractivity contribution is 0.0977. The first-order valence-electron chi connectivity index (χ1n) is 10.2. The van der Waals surface area contributed by atoms with Gasteiger partial charge in [-0.1, -0.05) is 35.9 Å². The van der Waals surface area contributed by atoms with E-state index in [2.05, 4.69) is 26.6 Å². The molecule has 0 aliphatic rings. The van der Waals surface area contributed by atoms with Crippen LogP contribution in [0.25, 0.3) is 22.1 Å². The van der Waals surface area contributed by atoms with Crippen molar-refractivity contribution in [3.05, 3.63) is 92.2 Å². The van der Waals surface area contributed by atoms with Gasteiger partial charge in [-0.25, -0.2) is 4.79 Å². The zero-order chi connectivity index (χ0) is 24.2. The number of amides is 1. The highest BCUT2D eigenvalue weighted by Crippen LogP contribution is 2.30. The van der Waals surface area contributed by atoms with Crippen LogP contribution in [-0.4, -0.2) is 17.6 Å². The van der Waals surface area contributed by atoms with E-state index in [0.717, 1.165) is 5.39 Å². The first-order chi connectivity index (χ1) is 16.4. The van der Waals surface area contributed by atoms with Gasteiger partial charge in [-0.15, -0.1) is 0 Å². The number of benzene rings is 3. The monoisotopic (exact) mass is 556 g/mol. The Balaban J connectivity index is 1.48. The molecule has 0 aliphatic heterocycles. The number of nitrogens with one attached hydrogen (secondary N) is 2. The van der Waals surface area contributed by atoms with Crippen molar-refractivity contribution in [2.45, 2.75) is 6.92 Å². The van der Waals surface area contributed by atoms with Crippen molar-refractivity contribution in [3.8, 4) is 16.9 Å². The first kappa shape index (κ1) is 23.9. The Hall–Kier alpha value is -3.20. The minimum absolute atomic E-state index is 0.101. The van der Waals surface area contributed by atoms with Crippen molar-refractivity contribution in [1.82, 2.24) is 5.32 Å². The number of hydrogen-bond acceptors (Lipinski definition) is 5. The van der Waals surface area contributed by atoms with Crippen LogP contribution in [-0.2, 0) is 0 Å². The van der Waals surface area contributed by atoms with Crippen molar-refractivity contribution in [2.75, 3.05) is 11.9 Å². The van der Waals surface area contributed by atoms with E-state index < -0.39 is 5.63 Å². The van der Waals surface area contributed by atoms with E-state index in [9.17, 15) is 9.59 Å². The standard InChI is InChI=1S/C25H18BrClN2O4S/c1-2-32-22-10-7-15(12-19(22)26)23(30)29-25(34)28-16-8-9-17(20(27)13-16)18-11-14-5-3-4-6-21(14)33-24(18)31/h3-13H,2H2,1H3,(H2,28,29,30,34). The largest absolute Gasteiger partial charge is 0.493 e. The minimum Gasteiger partial charge on any atom is -0.493 e. The second-order valence-electron chi connectivity index (χ2n) is 7.17. The Kier molecular flexibility index (Phi) is 7.31. The SMILES string of the molecule is CCOc1ccc(C(=O)NC(=S)Nc2ccc(-c3cc4ccccc4oc3=O)c(Cl)c2)cc1Br. The lowest BCUT2D eigenvalue weighted by atomic mass is 10.1. The first-order valence-corrected chi connectivity index (χ1v) is 11.8. The van der Waals surface area contributed by atoms with E-state index in [0.29, 0.717) is 49.8 Å². The molecule has 3 aromatic carbocycles. The zero-order valence-corrected chi connectivity index (χ0v) is 21.0. The summed E-state index contributed by atoms with van der Waals surface area (Å²) in [6, 6.07) is 19.0. The molecule has 172 valence electrons. The molecule has 0 bridgehead atoms. The average molecular weight is 558 g/mol. The highest BCUT2D eigenvalue weighted by molar-refractivity contribution is 9.10. The molecule has 0 radical (unpaired) electrons. The number of rotatable bonds is 5. The molecule has 0 unspecified atom stereocenters. The Morgan fingerprint density at radius 2 is 1.88 bits per heavy atom. The molecule has 4 rings (SSSR count). The Labute approximate surface area is 214 Å². The van der Waals surface area contributed by atoms with Gasteiger partial charge in [-0.3, -0.25) is 10.1 Å². The molecular weight excluding hydrogens is 540 g/mol. The normalized spacial score (nSPS) is 10.7. The Morgan fingerprint density at radius 1 is 1.09 bits per heavy atom. The molecule has 2 N–H and O–H groups in total. The third kappa shape index (κ3) is 5.30. The maximum atomic E-state index is 12.5. The van der Waals surface area contributed by atoms with E-state index in [4.69, 9.17) is 33.0 Å². The van der Waals surface area contributed by atoms with Crippen LogP contribution in [0, 0.1) is 0 Å². The van der Waals surface area contributed by atoms with Gasteiger partial charge >= 0.3 is 5.63 Å². The molecule has 0 spiro atoms. The van der Waals surface area contributed by atoms with Gasteiger partial charge in [0, 0.05) is 22.2 Å². The molecule has 0 fully saturated rings. The highest BCUT2D eigenvalue weighted by atomic mass is 79.9. The number of hydrogen-bond donors (Lipinski definition) is 2. The van der Waals surface area contributed by atoms with Gasteiger partial charge < -0.3 is 14.5 Å². The van der Waals surface area contributed by atoms with Gasteiger partial charge in [0.25, 0.3) is 5.91 Å². The molecular formula is C25H18BrClN2O4S. The number of para-hydroxylation sites is 1. The van der Waals surface area contributed by atoms with E-state index in [-0.39, 0.29) is 11.0 Å². The van der Waals surface area contributed by atoms with E-state index in [1.165, 1.54) is 0 Å². The van der Waals surface area contributed by atoms with Crippen molar-refractivity contribution in [3.63, 3.8) is 0 Å². The summed E-state index contributed by atoms with van der Waals surface area (Å²) in [6.45, 7) is 2.40. The lowest BCUT2D eigenvalue weighted by Crippen LogP contribution is -2.34. The van der Waals surface area contributed by atoms with Crippen molar-refractivity contribution >= 4 is 67.4 Å². The van der Waals surface area contributed by atoms with Crippen LogP contribution in [0.2, 0.25) is 5.02 Å². The van der Waals surface area contributed by atoms with Gasteiger partial charge in [0.2, 0.25) is 0 Å². The fraction of sp³-hybridized carbons (Fsp3) is 0.0800. The summed E-state index contributed by atoms with van der Waals surface area (Å²) >= 11 is 15.1. The Morgan fingerprint density at radius 3 is 2.62 bits per heavy atom. The number of halogens is 2. The summed E-state index contributed by atoms with van der Waals surface area (Å²) in [5, 5.41) is 6.78. The second kappa shape index (κ2) is 10.4. The molecule has 0 saturated heterocycles. The topological polar surface area (TPSA) is 80.6 Å². The van der Waals surface area contributed by atoms with E-state index >= 15 is 0 Å². The number of anilines is 1. The van der Waals surface area contributed by atoms with Crippen LogP contribution < -0.4 is 21.0 Å². The highest BCUT2D eigenvalue weighted by Gasteiger charge is 2.14. The van der Waals surface area contributed by atoms with Crippen LogP contribution in [0.15, 0.2) is 80.4 Å². The van der Waals surface area contributed by atoms with Gasteiger partial charge in [-0.2, -0.15) is 0 Å². The number of carbonyl (C=O) groups is 1. The smallest absolute Gasteiger partial charge is 0.344 e. The molecule has 34 heavy (non-hydrogen) atoms. The Bertz CT molecular complexity index is 1470. The third-order valence-electron chi connectivity index (χ3n) is 4.88. The van der Waals surface area contributed by atoms with Crippen molar-refractivity contribution in [2.24, 2.45) is 0 Å². The summed E-state index contributed by atoms with van der Waals surface area (Å²) in [5.41, 5.74) is 1.87. The van der Waals surface area contributed by atoms with Crippen LogP contribution in [0.5, 0.6) is 5.75 Å². The summed E-state index contributed by atoms with van der Waals surface area (Å²) in [6.07, 6.45) is 0. The third-order valence-corrected chi connectivity index (χ3v) is 6.02. The summed E-state index contributed by atoms with van der Waals surface area (Å²) < 4.78 is 11.5. The molecule has 0 atom stereocenters. The fourth-order valence-corrected chi connectivity index (χ4v) is 4.30. The van der Waals surface area contributed by atoms with Crippen LogP contribution >= 0.6 is 39.7 Å². The lowest BCUT2D eigenvalue weighted by Gasteiger charge is -2.12. The minimum atomic E-state index is -0.481. The number of fused-ring (bicyclic) bond motifs is 1. The second-order valence-corrected chi connectivity index (χ2v) is 8.84. The van der Waals surface area contributed by atoms with E-state index in [1.807, 2.05) is 19.1 Å². The molecule has 4 aromatic rings. The van der Waals surface area contributed by atoms with Crippen LogP contribution in [0.4, 0.5) is 5.69 Å². The van der Waals surface area contributed by atoms with E-state index in [1.54, 1.807) is 54.6 Å². The predicted octanol–water partition coefficient (Wildman–Crippen LogP) is 6.40. The summed E-state index contributed by atoms with van der Waals surface area (Å²) in [7, 11) is 0. The maximum absolute atomic E-state index is 12.5. The molecule has 0 aliphatic carbocycles. The average Bonchev–Trinajstić information content (AvgIpc) is 2.80. The summed E-state index contributed by atoms with van der Waals surface area (Å²) in [4.78, 5) is 25.0. The number of thiocarbonyl (C=S) groups is 1. The molecule has 1 heterocycles. The molecule has 0 saturated carbocycles. The van der Waals surface area contributed by atoms with Gasteiger partial charge in [0.1, 0.15) is 11.3 Å². The number of carbonyl (C=O) groups excluding carboxylic acids is 1. The van der Waals surface area contributed by atoms with Gasteiger partial charge in [0.05, 0.1) is 21.7 Å². The zero-order valence-electron chi connectivity index (χ0n) is 17.9. The predicted molar refractivity (Wildman–Crippen MR) is 142 cm³/mol. The van der Waals surface area contributed by atoms with Crippen LogP contribution in [0.3, 0.4) is 0 Å². The maximum Gasteiger partial charge on any atom is 0.344 e. The fourth-order valence-electron chi connectivity index (χ4n) is 3.31. The molecule has 6 nitrogen and oxygen atoms in total. The summed E-state index contributed by atoms with van der Waals surface area (Å²) in [5.74, 6) is 0.271.